The maximum absolute atomic E-state index is 11.8. The maximum Gasteiger partial charge on any atom is 0.315 e. The molecule has 1 atom stereocenters. The lowest BCUT2D eigenvalue weighted by Gasteiger charge is -2.16. The summed E-state index contributed by atoms with van der Waals surface area (Å²) < 4.78 is 10.7. The van der Waals surface area contributed by atoms with Gasteiger partial charge in [0.1, 0.15) is 5.75 Å². The molecule has 0 saturated carbocycles. The van der Waals surface area contributed by atoms with Crippen LogP contribution in [0.3, 0.4) is 0 Å². The van der Waals surface area contributed by atoms with E-state index in [4.69, 9.17) is 9.47 Å². The number of nitrogens with one attached hydrogen (secondary N) is 2. The van der Waals surface area contributed by atoms with Crippen LogP contribution in [0.25, 0.3) is 0 Å². The number of hydrogen-bond donors (Lipinski definition) is 2. The Morgan fingerprint density at radius 2 is 2.10 bits per heavy atom. The summed E-state index contributed by atoms with van der Waals surface area (Å²) in [6, 6.07) is 7.52. The van der Waals surface area contributed by atoms with E-state index in [0.29, 0.717) is 26.4 Å². The van der Waals surface area contributed by atoms with E-state index in [9.17, 15) is 4.79 Å². The summed E-state index contributed by atoms with van der Waals surface area (Å²) in [5.74, 6) is 0.820. The van der Waals surface area contributed by atoms with E-state index in [0.717, 1.165) is 17.7 Å². The lowest BCUT2D eigenvalue weighted by molar-refractivity contribution is 0.145. The van der Waals surface area contributed by atoms with Crippen molar-refractivity contribution in [2.45, 2.75) is 33.2 Å². The van der Waals surface area contributed by atoms with E-state index in [1.54, 1.807) is 0 Å². The van der Waals surface area contributed by atoms with Crippen molar-refractivity contribution in [2.75, 3.05) is 26.4 Å². The Labute approximate surface area is 127 Å². The first kappa shape index (κ1) is 17.3. The van der Waals surface area contributed by atoms with Gasteiger partial charge in [-0.05, 0) is 44.9 Å². The molecule has 0 spiro atoms. The smallest absolute Gasteiger partial charge is 0.315 e. The molecule has 118 valence electrons. The lowest BCUT2D eigenvalue weighted by atomic mass is 10.1. The Hall–Kier alpha value is -1.75. The zero-order chi connectivity index (χ0) is 15.5. The highest BCUT2D eigenvalue weighted by Gasteiger charge is 2.09. The van der Waals surface area contributed by atoms with Crippen molar-refractivity contribution in [2.24, 2.45) is 0 Å². The fourth-order valence-corrected chi connectivity index (χ4v) is 1.89. The first-order valence-electron chi connectivity index (χ1n) is 7.52. The molecule has 0 aliphatic rings. The molecule has 0 bridgehead atoms. The summed E-state index contributed by atoms with van der Waals surface area (Å²) in [6.07, 6.45) is 0.815. The van der Waals surface area contributed by atoms with Crippen molar-refractivity contribution < 1.29 is 14.3 Å². The lowest BCUT2D eigenvalue weighted by Crippen LogP contribution is -2.37. The molecule has 0 fully saturated rings. The fourth-order valence-electron chi connectivity index (χ4n) is 1.89. The van der Waals surface area contributed by atoms with Gasteiger partial charge in [-0.1, -0.05) is 12.1 Å². The van der Waals surface area contributed by atoms with E-state index >= 15 is 0 Å². The minimum atomic E-state index is -0.166. The van der Waals surface area contributed by atoms with Crippen molar-refractivity contribution in [3.8, 4) is 5.75 Å². The van der Waals surface area contributed by atoms with E-state index in [1.807, 2.05) is 45.0 Å². The topological polar surface area (TPSA) is 59.6 Å². The van der Waals surface area contributed by atoms with E-state index in [1.165, 1.54) is 0 Å². The van der Waals surface area contributed by atoms with Crippen LogP contribution in [-0.4, -0.2) is 32.4 Å². The molecule has 0 aliphatic carbocycles. The second-order valence-corrected chi connectivity index (χ2v) is 4.68. The highest BCUT2D eigenvalue weighted by molar-refractivity contribution is 5.74. The zero-order valence-electron chi connectivity index (χ0n) is 13.1. The second-order valence-electron chi connectivity index (χ2n) is 4.68. The largest absolute Gasteiger partial charge is 0.494 e. The average Bonchev–Trinajstić information content (AvgIpc) is 2.47. The Kier molecular flexibility index (Phi) is 8.28. The Morgan fingerprint density at radius 1 is 1.29 bits per heavy atom. The summed E-state index contributed by atoms with van der Waals surface area (Å²) in [5.41, 5.74) is 1.02. The number of urea groups is 1. The van der Waals surface area contributed by atoms with Crippen molar-refractivity contribution in [3.63, 3.8) is 0 Å². The normalized spacial score (nSPS) is 11.8. The monoisotopic (exact) mass is 294 g/mol. The van der Waals surface area contributed by atoms with E-state index < -0.39 is 0 Å². The summed E-state index contributed by atoms with van der Waals surface area (Å²) in [6.45, 7) is 8.47. The molecule has 1 aromatic rings. The molecule has 5 nitrogen and oxygen atoms in total. The highest BCUT2D eigenvalue weighted by Crippen LogP contribution is 2.18. The molecule has 0 saturated heterocycles. The number of carbonyl (C=O) groups is 1. The van der Waals surface area contributed by atoms with Gasteiger partial charge in [-0.15, -0.1) is 0 Å². The quantitative estimate of drug-likeness (QED) is 0.688. The summed E-state index contributed by atoms with van der Waals surface area (Å²) in [7, 11) is 0. The van der Waals surface area contributed by atoms with E-state index in [2.05, 4.69) is 10.6 Å². The van der Waals surface area contributed by atoms with Crippen LogP contribution in [-0.2, 0) is 4.74 Å². The second kappa shape index (κ2) is 10.0. The van der Waals surface area contributed by atoms with Crippen LogP contribution in [0.4, 0.5) is 4.79 Å². The Balaban J connectivity index is 2.36. The summed E-state index contributed by atoms with van der Waals surface area (Å²) in [5, 5.41) is 5.73. The van der Waals surface area contributed by atoms with Gasteiger partial charge in [0.2, 0.25) is 0 Å². The van der Waals surface area contributed by atoms with Gasteiger partial charge in [-0.25, -0.2) is 4.79 Å². The zero-order valence-corrected chi connectivity index (χ0v) is 13.1. The van der Waals surface area contributed by atoms with Gasteiger partial charge in [-0.3, -0.25) is 0 Å². The van der Waals surface area contributed by atoms with Crippen molar-refractivity contribution >= 4 is 6.03 Å². The molecule has 1 aromatic carbocycles. The molecule has 2 N–H and O–H groups in total. The highest BCUT2D eigenvalue weighted by atomic mass is 16.5. The maximum atomic E-state index is 11.8. The standard InChI is InChI=1S/C16H26N2O3/c1-4-20-11-7-10-17-16(19)18-13(3)14-8-6-9-15(12-14)21-5-2/h6,8-9,12-13H,4-5,7,10-11H2,1-3H3,(H2,17,18,19). The van der Waals surface area contributed by atoms with Crippen molar-refractivity contribution in [1.29, 1.82) is 0 Å². The third-order valence-electron chi connectivity index (χ3n) is 2.97. The van der Waals surface area contributed by atoms with Gasteiger partial charge in [0, 0.05) is 19.8 Å². The number of carbonyl (C=O) groups excluding carboxylic acids is 1. The fraction of sp³-hybridized carbons (Fsp3) is 0.562. The number of benzene rings is 1. The van der Waals surface area contributed by atoms with Gasteiger partial charge >= 0.3 is 6.03 Å². The average molecular weight is 294 g/mol. The van der Waals surface area contributed by atoms with Crippen molar-refractivity contribution in [3.05, 3.63) is 29.8 Å². The molecule has 1 rings (SSSR count). The van der Waals surface area contributed by atoms with Gasteiger partial charge < -0.3 is 20.1 Å². The predicted octanol–water partition coefficient (Wildman–Crippen LogP) is 2.87. The minimum Gasteiger partial charge on any atom is -0.494 e. The third kappa shape index (κ3) is 6.99. The molecule has 21 heavy (non-hydrogen) atoms. The molecule has 0 aromatic heterocycles. The summed E-state index contributed by atoms with van der Waals surface area (Å²) in [4.78, 5) is 11.8. The number of amides is 2. The van der Waals surface area contributed by atoms with Crippen LogP contribution in [0.5, 0.6) is 5.75 Å². The molecule has 1 unspecified atom stereocenters. The SMILES string of the molecule is CCOCCCNC(=O)NC(C)c1cccc(OCC)c1. The third-order valence-corrected chi connectivity index (χ3v) is 2.97. The molecule has 2 amide bonds. The van der Waals surface area contributed by atoms with Crippen LogP contribution in [0.1, 0.15) is 38.8 Å². The molecule has 0 heterocycles. The van der Waals surface area contributed by atoms with E-state index in [-0.39, 0.29) is 12.1 Å². The van der Waals surface area contributed by atoms with Crippen LogP contribution in [0.2, 0.25) is 0 Å². The number of hydrogen-bond acceptors (Lipinski definition) is 3. The Morgan fingerprint density at radius 3 is 2.81 bits per heavy atom. The van der Waals surface area contributed by atoms with Crippen LogP contribution in [0.15, 0.2) is 24.3 Å². The van der Waals surface area contributed by atoms with Gasteiger partial charge in [0.25, 0.3) is 0 Å². The molecule has 0 radical (unpaired) electrons. The minimum absolute atomic E-state index is 0.0719. The summed E-state index contributed by atoms with van der Waals surface area (Å²) >= 11 is 0. The van der Waals surface area contributed by atoms with Crippen LogP contribution < -0.4 is 15.4 Å². The van der Waals surface area contributed by atoms with Crippen LogP contribution >= 0.6 is 0 Å². The molecule has 0 aliphatic heterocycles. The first-order valence-corrected chi connectivity index (χ1v) is 7.52. The molecule has 5 heteroatoms. The Bertz CT molecular complexity index is 424. The number of ether oxygens (including phenoxy) is 2. The predicted molar refractivity (Wildman–Crippen MR) is 83.7 cm³/mol. The van der Waals surface area contributed by atoms with Crippen molar-refractivity contribution in [1.82, 2.24) is 10.6 Å². The number of rotatable bonds is 9. The van der Waals surface area contributed by atoms with Gasteiger partial charge in [0.05, 0.1) is 12.6 Å². The molecular weight excluding hydrogens is 268 g/mol. The molecular formula is C16H26N2O3. The van der Waals surface area contributed by atoms with Crippen LogP contribution in [0, 0.1) is 0 Å². The van der Waals surface area contributed by atoms with Gasteiger partial charge in [-0.2, -0.15) is 0 Å². The van der Waals surface area contributed by atoms with Gasteiger partial charge in [0.15, 0.2) is 0 Å². The first-order chi connectivity index (χ1) is 10.2.